The lowest BCUT2D eigenvalue weighted by Crippen LogP contribution is -2.43. The maximum absolute atomic E-state index is 12.4. The predicted octanol–water partition coefficient (Wildman–Crippen LogP) is 1.27. The van der Waals surface area contributed by atoms with Gasteiger partial charge in [-0.2, -0.15) is 0 Å². The first-order chi connectivity index (χ1) is 9.13. The normalized spacial score (nSPS) is 38.2. The van der Waals surface area contributed by atoms with Gasteiger partial charge in [-0.15, -0.1) is 0 Å². The number of carbonyl (C=O) groups excluding carboxylic acids is 1. The summed E-state index contributed by atoms with van der Waals surface area (Å²) in [6.07, 6.45) is 5.10. The maximum atomic E-state index is 12.4. The molecule has 1 saturated carbocycles. The summed E-state index contributed by atoms with van der Waals surface area (Å²) in [4.78, 5) is 25.7. The molecule has 0 aromatic carbocycles. The van der Waals surface area contributed by atoms with Crippen molar-refractivity contribution in [1.82, 2.24) is 4.90 Å². The number of carboxylic acid groups (broad SMARTS) is 1. The zero-order valence-electron chi connectivity index (χ0n) is 11.1. The topological polar surface area (TPSA) is 66.8 Å². The Labute approximate surface area is 112 Å². The second-order valence-corrected chi connectivity index (χ2v) is 6.12. The van der Waals surface area contributed by atoms with E-state index in [9.17, 15) is 14.7 Å². The van der Waals surface area contributed by atoms with Crippen LogP contribution >= 0.6 is 0 Å². The highest BCUT2D eigenvalue weighted by Gasteiger charge is 2.56. The summed E-state index contributed by atoms with van der Waals surface area (Å²) in [5.41, 5.74) is -0.676. The van der Waals surface area contributed by atoms with Crippen LogP contribution in [0.5, 0.6) is 0 Å². The minimum absolute atomic E-state index is 0.00900. The molecule has 2 saturated heterocycles. The van der Waals surface area contributed by atoms with E-state index in [2.05, 4.69) is 0 Å². The van der Waals surface area contributed by atoms with E-state index in [0.717, 1.165) is 32.1 Å². The van der Waals surface area contributed by atoms with E-state index in [0.29, 0.717) is 26.1 Å². The van der Waals surface area contributed by atoms with Gasteiger partial charge in [0.15, 0.2) is 0 Å². The number of ether oxygens (including phenoxy) is 1. The Balaban J connectivity index is 1.71. The highest BCUT2D eigenvalue weighted by molar-refractivity contribution is 5.84. The minimum atomic E-state index is -0.727. The fraction of sp³-hybridized carbons (Fsp3) is 0.857. The first-order valence-corrected chi connectivity index (χ1v) is 7.27. The Morgan fingerprint density at radius 1 is 1.21 bits per heavy atom. The fourth-order valence-electron chi connectivity index (χ4n) is 3.95. The molecule has 3 fully saturated rings. The lowest BCUT2D eigenvalue weighted by molar-refractivity contribution is -0.151. The lowest BCUT2D eigenvalue weighted by Gasteiger charge is -2.28. The summed E-state index contributed by atoms with van der Waals surface area (Å²) in [5.74, 6) is -0.581. The molecule has 2 heterocycles. The van der Waals surface area contributed by atoms with Gasteiger partial charge in [0.05, 0.1) is 5.41 Å². The summed E-state index contributed by atoms with van der Waals surface area (Å²) < 4.78 is 5.53. The standard InChI is InChI=1S/C14H21NO4/c16-12(11-5-1-2-7-19-11)15-8-10-4-3-6-14(10,9-15)13(17)18/h10-11H,1-9H2,(H,17,18)/t10-,11?,14+/m0/s1. The third-order valence-electron chi connectivity index (χ3n) is 5.06. The number of fused-ring (bicyclic) bond motifs is 1. The number of nitrogens with zero attached hydrogens (tertiary/aromatic N) is 1. The Morgan fingerprint density at radius 2 is 2.05 bits per heavy atom. The Morgan fingerprint density at radius 3 is 2.68 bits per heavy atom. The Bertz CT molecular complexity index is 391. The van der Waals surface area contributed by atoms with Gasteiger partial charge in [0.1, 0.15) is 6.10 Å². The number of hydrogen-bond donors (Lipinski definition) is 1. The molecule has 1 amide bonds. The van der Waals surface area contributed by atoms with E-state index in [1.807, 2.05) is 0 Å². The Kier molecular flexibility index (Phi) is 3.25. The zero-order chi connectivity index (χ0) is 13.5. The van der Waals surface area contributed by atoms with Gasteiger partial charge in [0.2, 0.25) is 0 Å². The highest BCUT2D eigenvalue weighted by Crippen LogP contribution is 2.49. The second kappa shape index (κ2) is 4.78. The first-order valence-electron chi connectivity index (χ1n) is 7.27. The zero-order valence-corrected chi connectivity index (χ0v) is 11.1. The molecule has 1 unspecified atom stereocenters. The van der Waals surface area contributed by atoms with E-state index in [-0.39, 0.29) is 17.9 Å². The van der Waals surface area contributed by atoms with Crippen molar-refractivity contribution in [3.63, 3.8) is 0 Å². The van der Waals surface area contributed by atoms with Gasteiger partial charge in [-0.3, -0.25) is 9.59 Å². The van der Waals surface area contributed by atoms with Crippen LogP contribution in [0.25, 0.3) is 0 Å². The van der Waals surface area contributed by atoms with E-state index in [1.165, 1.54) is 0 Å². The number of aliphatic carboxylic acids is 1. The van der Waals surface area contributed by atoms with Crippen molar-refractivity contribution in [2.75, 3.05) is 19.7 Å². The molecule has 3 aliphatic rings. The fourth-order valence-corrected chi connectivity index (χ4v) is 3.95. The van der Waals surface area contributed by atoms with Gasteiger partial charge in [-0.1, -0.05) is 6.42 Å². The van der Waals surface area contributed by atoms with Crippen molar-refractivity contribution in [2.24, 2.45) is 11.3 Å². The smallest absolute Gasteiger partial charge is 0.311 e. The van der Waals surface area contributed by atoms with Crippen LogP contribution in [-0.2, 0) is 14.3 Å². The van der Waals surface area contributed by atoms with Crippen LogP contribution in [-0.4, -0.2) is 47.7 Å². The third kappa shape index (κ3) is 2.04. The molecule has 0 spiro atoms. The number of carbonyl (C=O) groups is 2. The van der Waals surface area contributed by atoms with Crippen LogP contribution in [0, 0.1) is 11.3 Å². The largest absolute Gasteiger partial charge is 0.481 e. The quantitative estimate of drug-likeness (QED) is 0.818. The predicted molar refractivity (Wildman–Crippen MR) is 67.6 cm³/mol. The molecule has 0 bridgehead atoms. The van der Waals surface area contributed by atoms with Crippen LogP contribution in [0.3, 0.4) is 0 Å². The van der Waals surface area contributed by atoms with Crippen LogP contribution in [0.2, 0.25) is 0 Å². The van der Waals surface area contributed by atoms with Crippen molar-refractivity contribution in [3.05, 3.63) is 0 Å². The number of amides is 1. The summed E-state index contributed by atoms with van der Waals surface area (Å²) in [5, 5.41) is 9.51. The van der Waals surface area contributed by atoms with Crippen LogP contribution < -0.4 is 0 Å². The van der Waals surface area contributed by atoms with Gasteiger partial charge in [-0.25, -0.2) is 0 Å². The van der Waals surface area contributed by atoms with Gasteiger partial charge < -0.3 is 14.7 Å². The SMILES string of the molecule is O=C(C1CCCCO1)N1C[C@@H]2CCC[C@@]2(C(=O)O)C1. The summed E-state index contributed by atoms with van der Waals surface area (Å²) in [6, 6.07) is 0. The van der Waals surface area contributed by atoms with Crippen LogP contribution in [0.4, 0.5) is 0 Å². The van der Waals surface area contributed by atoms with Crippen molar-refractivity contribution in [3.8, 4) is 0 Å². The van der Waals surface area contributed by atoms with Crippen LogP contribution in [0.1, 0.15) is 38.5 Å². The van der Waals surface area contributed by atoms with Gasteiger partial charge in [-0.05, 0) is 38.0 Å². The van der Waals surface area contributed by atoms with E-state index >= 15 is 0 Å². The molecule has 1 aliphatic carbocycles. The van der Waals surface area contributed by atoms with Crippen LogP contribution in [0.15, 0.2) is 0 Å². The van der Waals surface area contributed by atoms with E-state index < -0.39 is 11.4 Å². The molecule has 19 heavy (non-hydrogen) atoms. The highest BCUT2D eigenvalue weighted by atomic mass is 16.5. The molecule has 0 aromatic heterocycles. The van der Waals surface area contributed by atoms with Crippen molar-refractivity contribution >= 4 is 11.9 Å². The summed E-state index contributed by atoms with van der Waals surface area (Å²) in [6.45, 7) is 1.63. The molecule has 0 aromatic rings. The minimum Gasteiger partial charge on any atom is -0.481 e. The summed E-state index contributed by atoms with van der Waals surface area (Å²) in [7, 11) is 0. The third-order valence-corrected chi connectivity index (χ3v) is 5.06. The van der Waals surface area contributed by atoms with Crippen molar-refractivity contribution in [2.45, 2.75) is 44.6 Å². The molecule has 5 nitrogen and oxygen atoms in total. The molecule has 0 radical (unpaired) electrons. The monoisotopic (exact) mass is 267 g/mol. The second-order valence-electron chi connectivity index (χ2n) is 6.12. The molecule has 106 valence electrons. The molecular weight excluding hydrogens is 246 g/mol. The first kappa shape index (κ1) is 12.9. The maximum Gasteiger partial charge on any atom is 0.311 e. The van der Waals surface area contributed by atoms with Crippen molar-refractivity contribution in [1.29, 1.82) is 0 Å². The number of hydrogen-bond acceptors (Lipinski definition) is 3. The van der Waals surface area contributed by atoms with Gasteiger partial charge in [0.25, 0.3) is 5.91 Å². The molecule has 1 N–H and O–H groups in total. The average molecular weight is 267 g/mol. The number of carboxylic acids is 1. The van der Waals surface area contributed by atoms with E-state index in [1.54, 1.807) is 4.90 Å². The molecule has 3 rings (SSSR count). The summed E-state index contributed by atoms with van der Waals surface area (Å²) >= 11 is 0. The number of likely N-dealkylation sites (tertiary alicyclic amines) is 1. The number of rotatable bonds is 2. The average Bonchev–Trinajstić information content (AvgIpc) is 2.96. The Hall–Kier alpha value is -1.10. The molecular formula is C14H21NO4. The van der Waals surface area contributed by atoms with Crippen molar-refractivity contribution < 1.29 is 19.4 Å². The molecule has 2 aliphatic heterocycles. The van der Waals surface area contributed by atoms with Gasteiger partial charge >= 0.3 is 5.97 Å². The lowest BCUT2D eigenvalue weighted by atomic mass is 9.81. The van der Waals surface area contributed by atoms with E-state index in [4.69, 9.17) is 4.74 Å². The molecule has 5 heteroatoms. The van der Waals surface area contributed by atoms with Gasteiger partial charge in [0, 0.05) is 19.7 Å². The molecule has 3 atom stereocenters.